The van der Waals surface area contributed by atoms with Crippen LogP contribution in [0.5, 0.6) is 0 Å². The maximum absolute atomic E-state index is 13.1. The quantitative estimate of drug-likeness (QED) is 0.594. The van der Waals surface area contributed by atoms with Crippen LogP contribution >= 0.6 is 0 Å². The van der Waals surface area contributed by atoms with E-state index >= 15 is 0 Å². The van der Waals surface area contributed by atoms with E-state index in [4.69, 9.17) is 4.74 Å². The number of piperidine rings is 1. The summed E-state index contributed by atoms with van der Waals surface area (Å²) in [6.07, 6.45) is 4.34. The minimum absolute atomic E-state index is 0.124. The number of likely N-dealkylation sites (tertiary alicyclic amines) is 2. The number of nitrogens with zero attached hydrogens (tertiary/aromatic N) is 2. The van der Waals surface area contributed by atoms with Crippen LogP contribution in [0, 0.1) is 17.7 Å². The number of hydrogen-bond donors (Lipinski definition) is 1. The number of halogens is 1. The Morgan fingerprint density at radius 3 is 2.50 bits per heavy atom. The Bertz CT molecular complexity index is 973. The zero-order valence-electron chi connectivity index (χ0n) is 19.8. The Labute approximate surface area is 201 Å². The average Bonchev–Trinajstić information content (AvgIpc) is 3.31. The smallest absolute Gasteiger partial charge is 0.338 e. The van der Waals surface area contributed by atoms with E-state index in [9.17, 15) is 14.0 Å². The van der Waals surface area contributed by atoms with Crippen LogP contribution in [0.25, 0.3) is 0 Å². The Morgan fingerprint density at radius 1 is 1.03 bits per heavy atom. The van der Waals surface area contributed by atoms with Gasteiger partial charge in [-0.25, -0.2) is 14.0 Å². The Balaban J connectivity index is 1.20. The van der Waals surface area contributed by atoms with Gasteiger partial charge in [-0.2, -0.15) is 0 Å². The topological polar surface area (TPSA) is 61.9 Å². The van der Waals surface area contributed by atoms with Crippen molar-refractivity contribution in [3.63, 3.8) is 0 Å². The molecule has 2 amide bonds. The SMILES string of the molecule is CCOC(=O)c1cccc(NC(=O)N2CCC(CN3CCC(Cc4ccc(F)cc4)CC3)C2)c1. The van der Waals surface area contributed by atoms with Crippen molar-refractivity contribution < 1.29 is 18.7 Å². The molecule has 0 radical (unpaired) electrons. The third-order valence-corrected chi connectivity index (χ3v) is 6.86. The molecule has 0 saturated carbocycles. The van der Waals surface area contributed by atoms with Gasteiger partial charge in [0.2, 0.25) is 0 Å². The molecule has 1 N–H and O–H groups in total. The number of rotatable bonds is 7. The second-order valence-corrected chi connectivity index (χ2v) is 9.41. The molecule has 0 spiro atoms. The first-order chi connectivity index (χ1) is 16.5. The molecule has 0 aliphatic carbocycles. The van der Waals surface area contributed by atoms with Gasteiger partial charge in [-0.05, 0) is 93.4 Å². The Morgan fingerprint density at radius 2 is 1.76 bits per heavy atom. The molecule has 1 unspecified atom stereocenters. The summed E-state index contributed by atoms with van der Waals surface area (Å²) < 4.78 is 18.1. The summed E-state index contributed by atoms with van der Waals surface area (Å²) in [4.78, 5) is 29.1. The molecule has 1 atom stereocenters. The highest BCUT2D eigenvalue weighted by atomic mass is 19.1. The van der Waals surface area contributed by atoms with Crippen LogP contribution in [0.4, 0.5) is 14.9 Å². The van der Waals surface area contributed by atoms with Crippen molar-refractivity contribution in [1.82, 2.24) is 9.80 Å². The second kappa shape index (κ2) is 11.5. The lowest BCUT2D eigenvalue weighted by Crippen LogP contribution is -2.39. The van der Waals surface area contributed by atoms with E-state index in [1.54, 1.807) is 43.3 Å². The van der Waals surface area contributed by atoms with Crippen molar-refractivity contribution in [3.05, 3.63) is 65.5 Å². The monoisotopic (exact) mass is 467 g/mol. The lowest BCUT2D eigenvalue weighted by Gasteiger charge is -2.33. The molecular weight excluding hydrogens is 433 g/mol. The molecule has 2 aliphatic heterocycles. The number of benzene rings is 2. The molecule has 4 rings (SSSR count). The van der Waals surface area contributed by atoms with Gasteiger partial charge < -0.3 is 19.9 Å². The number of esters is 1. The number of nitrogens with one attached hydrogen (secondary N) is 1. The fourth-order valence-electron chi connectivity index (χ4n) is 5.00. The molecule has 2 saturated heterocycles. The van der Waals surface area contributed by atoms with E-state index in [0.717, 1.165) is 58.4 Å². The van der Waals surface area contributed by atoms with Gasteiger partial charge in [-0.3, -0.25) is 0 Å². The van der Waals surface area contributed by atoms with Crippen molar-refractivity contribution in [2.75, 3.05) is 44.6 Å². The van der Waals surface area contributed by atoms with Crippen LogP contribution < -0.4 is 5.32 Å². The van der Waals surface area contributed by atoms with Crippen LogP contribution in [-0.2, 0) is 11.2 Å². The van der Waals surface area contributed by atoms with Gasteiger partial charge in [0.25, 0.3) is 0 Å². The lowest BCUT2D eigenvalue weighted by atomic mass is 9.90. The summed E-state index contributed by atoms with van der Waals surface area (Å²) in [5.41, 5.74) is 2.24. The highest BCUT2D eigenvalue weighted by molar-refractivity contribution is 5.94. The Kier molecular flexibility index (Phi) is 8.16. The largest absolute Gasteiger partial charge is 0.462 e. The molecule has 6 nitrogen and oxygen atoms in total. The maximum atomic E-state index is 13.1. The van der Waals surface area contributed by atoms with Gasteiger partial charge in [0, 0.05) is 25.3 Å². The zero-order valence-corrected chi connectivity index (χ0v) is 19.8. The van der Waals surface area contributed by atoms with Gasteiger partial charge in [0.15, 0.2) is 0 Å². The first-order valence-electron chi connectivity index (χ1n) is 12.3. The molecule has 0 aromatic heterocycles. The lowest BCUT2D eigenvalue weighted by molar-refractivity contribution is 0.0526. The van der Waals surface area contributed by atoms with E-state index < -0.39 is 0 Å². The van der Waals surface area contributed by atoms with Gasteiger partial charge in [0.1, 0.15) is 5.82 Å². The maximum Gasteiger partial charge on any atom is 0.338 e. The van der Waals surface area contributed by atoms with Crippen molar-refractivity contribution in [2.24, 2.45) is 11.8 Å². The normalized spacial score (nSPS) is 19.2. The van der Waals surface area contributed by atoms with Gasteiger partial charge in [-0.1, -0.05) is 18.2 Å². The summed E-state index contributed by atoms with van der Waals surface area (Å²) in [5, 5.41) is 2.92. The standard InChI is InChI=1S/C27H34FN3O3/c1-2-34-26(32)23-4-3-5-25(17-23)29-27(33)31-15-12-22(19-31)18-30-13-10-21(11-14-30)16-20-6-8-24(28)9-7-20/h3-9,17,21-22H,2,10-16,18-19H2,1H3,(H,29,33). The van der Waals surface area contributed by atoms with Crippen molar-refractivity contribution in [3.8, 4) is 0 Å². The van der Waals surface area contributed by atoms with Crippen LogP contribution in [0.15, 0.2) is 48.5 Å². The summed E-state index contributed by atoms with van der Waals surface area (Å²) >= 11 is 0. The number of ether oxygens (including phenoxy) is 1. The highest BCUT2D eigenvalue weighted by Crippen LogP contribution is 2.25. The molecule has 2 heterocycles. The van der Waals surface area contributed by atoms with E-state index in [0.29, 0.717) is 29.7 Å². The molecule has 0 bridgehead atoms. The van der Waals surface area contributed by atoms with Crippen molar-refractivity contribution in [2.45, 2.75) is 32.6 Å². The molecule has 2 aliphatic rings. The number of amides is 2. The van der Waals surface area contributed by atoms with Crippen LogP contribution in [0.2, 0.25) is 0 Å². The molecule has 34 heavy (non-hydrogen) atoms. The average molecular weight is 468 g/mol. The number of urea groups is 1. The second-order valence-electron chi connectivity index (χ2n) is 9.41. The number of anilines is 1. The van der Waals surface area contributed by atoms with Crippen LogP contribution in [0.1, 0.15) is 42.1 Å². The van der Waals surface area contributed by atoms with Gasteiger partial charge in [0.05, 0.1) is 12.2 Å². The molecule has 2 aromatic rings. The summed E-state index contributed by atoms with van der Waals surface area (Å²) in [6.45, 7) is 6.75. The van der Waals surface area contributed by atoms with E-state index in [1.807, 2.05) is 17.0 Å². The number of hydrogen-bond acceptors (Lipinski definition) is 4. The predicted molar refractivity (Wildman–Crippen MR) is 130 cm³/mol. The zero-order chi connectivity index (χ0) is 23.9. The summed E-state index contributed by atoms with van der Waals surface area (Å²) in [6, 6.07) is 13.6. The fourth-order valence-corrected chi connectivity index (χ4v) is 5.00. The first kappa shape index (κ1) is 24.2. The Hall–Kier alpha value is -2.93. The van der Waals surface area contributed by atoms with E-state index in [-0.39, 0.29) is 17.8 Å². The van der Waals surface area contributed by atoms with Gasteiger partial charge in [-0.15, -0.1) is 0 Å². The van der Waals surface area contributed by atoms with Gasteiger partial charge >= 0.3 is 12.0 Å². The summed E-state index contributed by atoms with van der Waals surface area (Å²) in [5.74, 6) is 0.563. The third kappa shape index (κ3) is 6.56. The third-order valence-electron chi connectivity index (χ3n) is 6.86. The van der Waals surface area contributed by atoms with Crippen LogP contribution in [-0.4, -0.2) is 61.1 Å². The number of carbonyl (C=O) groups excluding carboxylic acids is 2. The van der Waals surface area contributed by atoms with Crippen LogP contribution in [0.3, 0.4) is 0 Å². The predicted octanol–water partition coefficient (Wildman–Crippen LogP) is 4.81. The molecule has 2 aromatic carbocycles. The molecule has 7 heteroatoms. The fraction of sp³-hybridized carbons (Fsp3) is 0.481. The first-order valence-corrected chi connectivity index (χ1v) is 12.3. The van der Waals surface area contributed by atoms with E-state index in [2.05, 4.69) is 10.2 Å². The molecule has 2 fully saturated rings. The van der Waals surface area contributed by atoms with E-state index in [1.165, 1.54) is 5.56 Å². The number of carbonyl (C=O) groups is 2. The van der Waals surface area contributed by atoms with Crippen molar-refractivity contribution in [1.29, 1.82) is 0 Å². The minimum Gasteiger partial charge on any atom is -0.462 e. The minimum atomic E-state index is -0.388. The van der Waals surface area contributed by atoms with Crippen molar-refractivity contribution >= 4 is 17.7 Å². The summed E-state index contributed by atoms with van der Waals surface area (Å²) in [7, 11) is 0. The molecular formula is C27H34FN3O3. The highest BCUT2D eigenvalue weighted by Gasteiger charge is 2.29. The molecule has 182 valence electrons.